The predicted molar refractivity (Wildman–Crippen MR) is 81.3 cm³/mol. The van der Waals surface area contributed by atoms with Gasteiger partial charge in [0.15, 0.2) is 0 Å². The van der Waals surface area contributed by atoms with Gasteiger partial charge in [-0.05, 0) is 42.3 Å². The van der Waals surface area contributed by atoms with Crippen LogP contribution in [0.25, 0.3) is 0 Å². The number of nitrogens with one attached hydrogen (secondary N) is 2. The molecule has 2 aromatic carbocycles. The van der Waals surface area contributed by atoms with Gasteiger partial charge in [-0.3, -0.25) is 0 Å². The Morgan fingerprint density at radius 3 is 2.71 bits per heavy atom. The molecule has 2 amide bonds. The van der Waals surface area contributed by atoms with Crippen LogP contribution in [-0.4, -0.2) is 6.03 Å². The standard InChI is InChI=1S/C16H18FN3O/c1-11(13-5-3-6-14(17)9-13)19-16(21)20-15-7-2-4-12(8-15)10-18/h2-9,11H,10,18H2,1H3,(H2,19,20,21). The van der Waals surface area contributed by atoms with Crippen LogP contribution in [0.5, 0.6) is 0 Å². The predicted octanol–water partition coefficient (Wildman–Crippen LogP) is 3.17. The van der Waals surface area contributed by atoms with Crippen LogP contribution >= 0.6 is 0 Å². The Morgan fingerprint density at radius 2 is 2.00 bits per heavy atom. The topological polar surface area (TPSA) is 67.2 Å². The van der Waals surface area contributed by atoms with Crippen LogP contribution in [0.2, 0.25) is 0 Å². The molecule has 5 heteroatoms. The molecule has 0 heterocycles. The van der Waals surface area contributed by atoms with E-state index in [1.807, 2.05) is 18.2 Å². The molecule has 0 saturated carbocycles. The zero-order valence-corrected chi connectivity index (χ0v) is 11.8. The molecule has 0 aliphatic rings. The van der Waals surface area contributed by atoms with Crippen LogP contribution in [0.15, 0.2) is 48.5 Å². The van der Waals surface area contributed by atoms with Crippen LogP contribution in [0.4, 0.5) is 14.9 Å². The summed E-state index contributed by atoms with van der Waals surface area (Å²) in [4.78, 5) is 11.9. The first-order chi connectivity index (χ1) is 10.1. The monoisotopic (exact) mass is 287 g/mol. The van der Waals surface area contributed by atoms with E-state index >= 15 is 0 Å². The fourth-order valence-electron chi connectivity index (χ4n) is 2.00. The number of amides is 2. The largest absolute Gasteiger partial charge is 0.331 e. The number of carbonyl (C=O) groups is 1. The van der Waals surface area contributed by atoms with Gasteiger partial charge in [0.2, 0.25) is 0 Å². The maximum Gasteiger partial charge on any atom is 0.319 e. The van der Waals surface area contributed by atoms with Gasteiger partial charge < -0.3 is 16.4 Å². The number of halogens is 1. The lowest BCUT2D eigenvalue weighted by atomic mass is 10.1. The number of anilines is 1. The molecule has 0 fully saturated rings. The maximum atomic E-state index is 13.2. The van der Waals surface area contributed by atoms with E-state index in [9.17, 15) is 9.18 Å². The van der Waals surface area contributed by atoms with Gasteiger partial charge in [-0.2, -0.15) is 0 Å². The van der Waals surface area contributed by atoms with Crippen LogP contribution in [0.1, 0.15) is 24.1 Å². The highest BCUT2D eigenvalue weighted by Gasteiger charge is 2.10. The number of hydrogen-bond donors (Lipinski definition) is 3. The molecular formula is C16H18FN3O. The third-order valence-electron chi connectivity index (χ3n) is 3.12. The number of benzene rings is 2. The van der Waals surface area contributed by atoms with Crippen molar-refractivity contribution in [2.24, 2.45) is 5.73 Å². The first kappa shape index (κ1) is 15.0. The Morgan fingerprint density at radius 1 is 1.24 bits per heavy atom. The molecule has 4 nitrogen and oxygen atoms in total. The maximum absolute atomic E-state index is 13.2. The van der Waals surface area contributed by atoms with Crippen LogP contribution in [-0.2, 0) is 6.54 Å². The normalized spacial score (nSPS) is 11.8. The molecule has 21 heavy (non-hydrogen) atoms. The van der Waals surface area contributed by atoms with Crippen molar-refractivity contribution in [3.63, 3.8) is 0 Å². The molecular weight excluding hydrogens is 269 g/mol. The molecule has 0 bridgehead atoms. The lowest BCUT2D eigenvalue weighted by Gasteiger charge is -2.15. The molecule has 2 aromatic rings. The van der Waals surface area contributed by atoms with E-state index in [0.29, 0.717) is 17.8 Å². The molecule has 0 saturated heterocycles. The molecule has 2 rings (SSSR count). The minimum atomic E-state index is -0.346. The van der Waals surface area contributed by atoms with Gasteiger partial charge in [-0.25, -0.2) is 9.18 Å². The fourth-order valence-corrected chi connectivity index (χ4v) is 2.00. The average molecular weight is 287 g/mol. The lowest BCUT2D eigenvalue weighted by molar-refractivity contribution is 0.249. The van der Waals surface area contributed by atoms with Crippen LogP contribution in [0.3, 0.4) is 0 Å². The summed E-state index contributed by atoms with van der Waals surface area (Å²) in [5.74, 6) is -0.322. The smallest absolute Gasteiger partial charge is 0.319 e. The molecule has 0 radical (unpaired) electrons. The molecule has 1 atom stereocenters. The summed E-state index contributed by atoms with van der Waals surface area (Å²) in [6.45, 7) is 2.21. The van der Waals surface area contributed by atoms with Gasteiger partial charge in [-0.1, -0.05) is 24.3 Å². The van der Waals surface area contributed by atoms with Crippen LogP contribution < -0.4 is 16.4 Å². The Hall–Kier alpha value is -2.40. The van der Waals surface area contributed by atoms with Gasteiger partial charge >= 0.3 is 6.03 Å². The van der Waals surface area contributed by atoms with Crippen molar-refractivity contribution in [3.8, 4) is 0 Å². The number of carbonyl (C=O) groups excluding carboxylic acids is 1. The highest BCUT2D eigenvalue weighted by Crippen LogP contribution is 2.14. The second-order valence-corrected chi connectivity index (χ2v) is 4.78. The summed E-state index contributed by atoms with van der Waals surface area (Å²) in [5, 5.41) is 5.49. The second-order valence-electron chi connectivity index (χ2n) is 4.78. The minimum absolute atomic E-state index is 0.293. The summed E-state index contributed by atoms with van der Waals surface area (Å²) >= 11 is 0. The summed E-state index contributed by atoms with van der Waals surface area (Å²) in [6, 6.07) is 12.8. The highest BCUT2D eigenvalue weighted by molar-refractivity contribution is 5.89. The van der Waals surface area contributed by atoms with E-state index in [2.05, 4.69) is 10.6 Å². The summed E-state index contributed by atoms with van der Waals surface area (Å²) in [7, 11) is 0. The molecule has 0 aromatic heterocycles. The van der Waals surface area contributed by atoms with Crippen molar-refractivity contribution in [1.82, 2.24) is 5.32 Å². The van der Waals surface area contributed by atoms with Crippen LogP contribution in [0, 0.1) is 5.82 Å². The first-order valence-electron chi connectivity index (χ1n) is 6.70. The van der Waals surface area contributed by atoms with E-state index in [4.69, 9.17) is 5.73 Å². The summed E-state index contributed by atoms with van der Waals surface area (Å²) in [6.07, 6.45) is 0. The van der Waals surface area contributed by atoms with Crippen molar-refractivity contribution >= 4 is 11.7 Å². The zero-order chi connectivity index (χ0) is 15.2. The first-order valence-corrected chi connectivity index (χ1v) is 6.70. The Labute approximate surface area is 123 Å². The van der Waals surface area contributed by atoms with Crippen molar-refractivity contribution in [3.05, 3.63) is 65.5 Å². The number of nitrogens with two attached hydrogens (primary N) is 1. The van der Waals surface area contributed by atoms with E-state index in [1.54, 1.807) is 25.1 Å². The number of hydrogen-bond acceptors (Lipinski definition) is 2. The highest BCUT2D eigenvalue weighted by atomic mass is 19.1. The molecule has 1 unspecified atom stereocenters. The Kier molecular flexibility index (Phi) is 4.90. The van der Waals surface area contributed by atoms with Gasteiger partial charge in [0.1, 0.15) is 5.82 Å². The molecule has 4 N–H and O–H groups in total. The molecule has 0 spiro atoms. The summed E-state index contributed by atoms with van der Waals surface area (Å²) < 4.78 is 13.2. The minimum Gasteiger partial charge on any atom is -0.331 e. The fraction of sp³-hybridized carbons (Fsp3) is 0.188. The molecule has 0 aliphatic carbocycles. The zero-order valence-electron chi connectivity index (χ0n) is 11.8. The van der Waals surface area contributed by atoms with E-state index < -0.39 is 0 Å². The quantitative estimate of drug-likeness (QED) is 0.808. The SMILES string of the molecule is CC(NC(=O)Nc1cccc(CN)c1)c1cccc(F)c1. The van der Waals surface area contributed by atoms with Crippen molar-refractivity contribution < 1.29 is 9.18 Å². The van der Waals surface area contributed by atoms with Gasteiger partial charge in [0.05, 0.1) is 6.04 Å². The van der Waals surface area contributed by atoms with Gasteiger partial charge in [0.25, 0.3) is 0 Å². The molecule has 110 valence electrons. The third kappa shape index (κ3) is 4.29. The summed E-state index contributed by atoms with van der Waals surface area (Å²) in [5.41, 5.74) is 7.87. The van der Waals surface area contributed by atoms with Crippen molar-refractivity contribution in [1.29, 1.82) is 0 Å². The van der Waals surface area contributed by atoms with E-state index in [1.165, 1.54) is 12.1 Å². The third-order valence-corrected chi connectivity index (χ3v) is 3.12. The van der Waals surface area contributed by atoms with E-state index in [-0.39, 0.29) is 17.9 Å². The lowest BCUT2D eigenvalue weighted by Crippen LogP contribution is -2.31. The number of urea groups is 1. The van der Waals surface area contributed by atoms with Crippen molar-refractivity contribution in [2.75, 3.05) is 5.32 Å². The van der Waals surface area contributed by atoms with Gasteiger partial charge in [0, 0.05) is 12.2 Å². The Bertz CT molecular complexity index is 630. The number of rotatable bonds is 4. The average Bonchev–Trinajstić information content (AvgIpc) is 2.47. The Balaban J connectivity index is 1.97. The molecule has 0 aliphatic heterocycles. The van der Waals surface area contributed by atoms with E-state index in [0.717, 1.165) is 5.56 Å². The van der Waals surface area contributed by atoms with Crippen molar-refractivity contribution in [2.45, 2.75) is 19.5 Å². The second kappa shape index (κ2) is 6.85. The van der Waals surface area contributed by atoms with Gasteiger partial charge in [-0.15, -0.1) is 0 Å².